The standard InChI is InChI=1S/C11H10ClN3O4/c1-5-3-7(8(19-2)4-6(5)12)15-11(18)13-9(14-15)10(16)17/h3-4H,1-2H3,(H,16,17)(H,13,14,18). The van der Waals surface area contributed by atoms with Gasteiger partial charge in [0.15, 0.2) is 0 Å². The average molecular weight is 284 g/mol. The first-order valence-corrected chi connectivity index (χ1v) is 5.59. The fraction of sp³-hybridized carbons (Fsp3) is 0.182. The van der Waals surface area contributed by atoms with E-state index in [0.717, 1.165) is 4.68 Å². The number of benzene rings is 1. The van der Waals surface area contributed by atoms with Crippen molar-refractivity contribution in [1.82, 2.24) is 14.8 Å². The normalized spacial score (nSPS) is 10.5. The average Bonchev–Trinajstić information content (AvgIpc) is 2.74. The molecule has 1 aromatic carbocycles. The summed E-state index contributed by atoms with van der Waals surface area (Å²) in [5.41, 5.74) is 0.361. The molecular formula is C11H10ClN3O4. The Morgan fingerprint density at radius 2 is 2.21 bits per heavy atom. The molecule has 1 heterocycles. The number of rotatable bonds is 3. The number of nitrogens with zero attached hydrogens (tertiary/aromatic N) is 2. The molecule has 2 rings (SSSR count). The number of aromatic carboxylic acids is 1. The highest BCUT2D eigenvalue weighted by Crippen LogP contribution is 2.28. The second-order valence-electron chi connectivity index (χ2n) is 3.77. The van der Waals surface area contributed by atoms with Crippen molar-refractivity contribution >= 4 is 17.6 Å². The minimum Gasteiger partial charge on any atom is -0.494 e. The first-order chi connectivity index (χ1) is 8.93. The Bertz CT molecular complexity index is 704. The van der Waals surface area contributed by atoms with E-state index in [2.05, 4.69) is 10.1 Å². The van der Waals surface area contributed by atoms with Gasteiger partial charge in [-0.2, -0.15) is 4.68 Å². The van der Waals surface area contributed by atoms with Crippen molar-refractivity contribution in [2.75, 3.05) is 7.11 Å². The molecule has 2 N–H and O–H groups in total. The van der Waals surface area contributed by atoms with E-state index in [1.54, 1.807) is 13.0 Å². The first kappa shape index (κ1) is 13.2. The first-order valence-electron chi connectivity index (χ1n) is 5.21. The fourth-order valence-corrected chi connectivity index (χ4v) is 1.71. The van der Waals surface area contributed by atoms with Crippen LogP contribution in [0.4, 0.5) is 0 Å². The Labute approximate surface area is 112 Å². The van der Waals surface area contributed by atoms with Gasteiger partial charge in [-0.25, -0.2) is 9.59 Å². The number of carboxylic acid groups (broad SMARTS) is 1. The van der Waals surface area contributed by atoms with Gasteiger partial charge >= 0.3 is 11.7 Å². The van der Waals surface area contributed by atoms with Crippen molar-refractivity contribution in [1.29, 1.82) is 0 Å². The molecule has 1 aromatic heterocycles. The number of hydrogen-bond acceptors (Lipinski definition) is 4. The number of methoxy groups -OCH3 is 1. The second-order valence-corrected chi connectivity index (χ2v) is 4.18. The molecule has 0 saturated carbocycles. The summed E-state index contributed by atoms with van der Waals surface area (Å²) in [6.07, 6.45) is 0. The molecule has 0 aliphatic heterocycles. The topological polar surface area (TPSA) is 97.2 Å². The number of halogens is 1. The Hall–Kier alpha value is -2.28. The van der Waals surface area contributed by atoms with E-state index in [4.69, 9.17) is 21.4 Å². The van der Waals surface area contributed by atoms with E-state index in [1.165, 1.54) is 13.2 Å². The van der Waals surface area contributed by atoms with Gasteiger partial charge in [-0.3, -0.25) is 4.98 Å². The van der Waals surface area contributed by atoms with Crippen LogP contribution in [0.15, 0.2) is 16.9 Å². The summed E-state index contributed by atoms with van der Waals surface area (Å²) in [6, 6.07) is 3.13. The molecule has 0 amide bonds. The van der Waals surface area contributed by atoms with Crippen LogP contribution in [0.3, 0.4) is 0 Å². The van der Waals surface area contributed by atoms with E-state index in [1.807, 2.05) is 0 Å². The molecule has 0 atom stereocenters. The van der Waals surface area contributed by atoms with Gasteiger partial charge in [-0.05, 0) is 18.6 Å². The molecule has 8 heteroatoms. The third kappa shape index (κ3) is 2.32. The summed E-state index contributed by atoms with van der Waals surface area (Å²) in [5.74, 6) is -1.44. The van der Waals surface area contributed by atoms with E-state index in [9.17, 15) is 9.59 Å². The third-order valence-electron chi connectivity index (χ3n) is 2.51. The lowest BCUT2D eigenvalue weighted by Crippen LogP contribution is -2.17. The largest absolute Gasteiger partial charge is 0.494 e. The fourth-order valence-electron chi connectivity index (χ4n) is 1.56. The van der Waals surface area contributed by atoms with Crippen molar-refractivity contribution in [2.24, 2.45) is 0 Å². The summed E-state index contributed by atoms with van der Waals surface area (Å²) in [7, 11) is 1.42. The summed E-state index contributed by atoms with van der Waals surface area (Å²) >= 11 is 5.96. The van der Waals surface area contributed by atoms with Crippen LogP contribution < -0.4 is 10.4 Å². The van der Waals surface area contributed by atoms with Crippen molar-refractivity contribution in [3.05, 3.63) is 39.0 Å². The van der Waals surface area contributed by atoms with Gasteiger partial charge in [0.2, 0.25) is 5.82 Å². The highest BCUT2D eigenvalue weighted by molar-refractivity contribution is 6.31. The Kier molecular flexibility index (Phi) is 3.30. The monoisotopic (exact) mass is 283 g/mol. The van der Waals surface area contributed by atoms with Crippen LogP contribution in [-0.2, 0) is 0 Å². The Balaban J connectivity index is 2.68. The van der Waals surface area contributed by atoms with Crippen LogP contribution in [0.25, 0.3) is 5.69 Å². The number of H-pyrrole nitrogens is 1. The number of aryl methyl sites for hydroxylation is 1. The van der Waals surface area contributed by atoms with Crippen LogP contribution in [0.1, 0.15) is 16.2 Å². The number of aromatic nitrogens is 3. The van der Waals surface area contributed by atoms with Gasteiger partial charge in [-0.1, -0.05) is 11.6 Å². The summed E-state index contributed by atoms with van der Waals surface area (Å²) in [4.78, 5) is 24.6. The van der Waals surface area contributed by atoms with Crippen LogP contribution in [0.2, 0.25) is 5.02 Å². The zero-order chi connectivity index (χ0) is 14.2. The van der Waals surface area contributed by atoms with Gasteiger partial charge in [0.05, 0.1) is 7.11 Å². The lowest BCUT2D eigenvalue weighted by atomic mass is 10.2. The van der Waals surface area contributed by atoms with Crippen LogP contribution in [0.5, 0.6) is 5.75 Å². The van der Waals surface area contributed by atoms with Crippen molar-refractivity contribution in [3.8, 4) is 11.4 Å². The van der Waals surface area contributed by atoms with E-state index < -0.39 is 17.5 Å². The molecule has 2 aromatic rings. The summed E-state index contributed by atoms with van der Waals surface area (Å²) < 4.78 is 6.04. The maximum Gasteiger partial charge on any atom is 0.373 e. The lowest BCUT2D eigenvalue weighted by Gasteiger charge is -2.09. The molecule has 0 aliphatic rings. The molecule has 0 unspecified atom stereocenters. The zero-order valence-corrected chi connectivity index (χ0v) is 10.9. The highest BCUT2D eigenvalue weighted by atomic mass is 35.5. The van der Waals surface area contributed by atoms with Crippen LogP contribution in [0, 0.1) is 6.92 Å². The van der Waals surface area contributed by atoms with E-state index in [0.29, 0.717) is 22.0 Å². The second kappa shape index (κ2) is 4.77. The Morgan fingerprint density at radius 3 is 2.74 bits per heavy atom. The SMILES string of the molecule is COc1cc(Cl)c(C)cc1-n1nc(C(=O)O)[nH]c1=O. The molecular weight excluding hydrogens is 274 g/mol. The minimum absolute atomic E-state index is 0.318. The Morgan fingerprint density at radius 1 is 1.53 bits per heavy atom. The quantitative estimate of drug-likeness (QED) is 0.883. The van der Waals surface area contributed by atoms with Gasteiger partial charge in [0.1, 0.15) is 11.4 Å². The molecule has 100 valence electrons. The molecule has 0 bridgehead atoms. The van der Waals surface area contributed by atoms with Crippen LogP contribution in [-0.4, -0.2) is 33.0 Å². The van der Waals surface area contributed by atoms with Crippen molar-refractivity contribution < 1.29 is 14.6 Å². The predicted octanol–water partition coefficient (Wildman–Crippen LogP) is 1.23. The van der Waals surface area contributed by atoms with E-state index in [-0.39, 0.29) is 0 Å². The molecule has 0 aliphatic carbocycles. The van der Waals surface area contributed by atoms with Crippen molar-refractivity contribution in [3.63, 3.8) is 0 Å². The number of ether oxygens (including phenoxy) is 1. The zero-order valence-electron chi connectivity index (χ0n) is 10.1. The molecule has 0 fully saturated rings. The molecule has 7 nitrogen and oxygen atoms in total. The maximum absolute atomic E-state index is 11.7. The number of carboxylic acids is 1. The molecule has 0 saturated heterocycles. The van der Waals surface area contributed by atoms with Gasteiger partial charge in [-0.15, -0.1) is 5.10 Å². The van der Waals surface area contributed by atoms with Gasteiger partial charge < -0.3 is 9.84 Å². The third-order valence-corrected chi connectivity index (χ3v) is 2.92. The van der Waals surface area contributed by atoms with Gasteiger partial charge in [0.25, 0.3) is 0 Å². The number of nitrogens with one attached hydrogen (secondary N) is 1. The molecule has 0 radical (unpaired) electrons. The smallest absolute Gasteiger partial charge is 0.373 e. The van der Waals surface area contributed by atoms with E-state index >= 15 is 0 Å². The summed E-state index contributed by atoms with van der Waals surface area (Å²) in [5, 5.41) is 13.0. The van der Waals surface area contributed by atoms with Crippen LogP contribution >= 0.6 is 11.6 Å². The van der Waals surface area contributed by atoms with Crippen molar-refractivity contribution in [2.45, 2.75) is 6.92 Å². The number of aromatic amines is 1. The minimum atomic E-state index is -1.32. The highest BCUT2D eigenvalue weighted by Gasteiger charge is 2.16. The predicted molar refractivity (Wildman–Crippen MR) is 67.4 cm³/mol. The number of hydrogen-bond donors (Lipinski definition) is 2. The van der Waals surface area contributed by atoms with Gasteiger partial charge in [0, 0.05) is 11.1 Å². The maximum atomic E-state index is 11.7. The molecule has 0 spiro atoms. The lowest BCUT2D eigenvalue weighted by molar-refractivity contribution is 0.0683. The number of carbonyl (C=O) groups is 1. The molecule has 19 heavy (non-hydrogen) atoms. The summed E-state index contributed by atoms with van der Waals surface area (Å²) in [6.45, 7) is 1.75.